The Morgan fingerprint density at radius 2 is 1.32 bits per heavy atom. The van der Waals surface area contributed by atoms with Crippen LogP contribution in [0.5, 0.6) is 0 Å². The summed E-state index contributed by atoms with van der Waals surface area (Å²) in [6.45, 7) is 7.13. The van der Waals surface area contributed by atoms with E-state index in [1.54, 1.807) is 80.7 Å². The smallest absolute Gasteiger partial charge is 0.313 e. The van der Waals surface area contributed by atoms with Crippen molar-refractivity contribution in [3.8, 4) is 0 Å². The molecule has 15 N–H and O–H groups in total. The number of fused-ring (bicyclic) bond motifs is 2. The number of ether oxygens (including phenoxy) is 5. The number of nitrogens with two attached hydrogens (primary N) is 2. The summed E-state index contributed by atoms with van der Waals surface area (Å²) in [6.07, 6.45) is 4.40. The standard InChI is InChI=1S/C54H87N3O18/c1-32-20-16-14-12-10-8-6-7-9-11-13-15-17-21-39(74-53-50(67)47(49(66)35(4)73-53)57-51(68)40(56)22-18-19-25-55)29-44-46(52(69)71-5)43(63)31-54(70,75-44)30-38(60)27-42(62)41(61)24-23-36(58)26-37(59)28-45(64)72-34(3)33(2)48(32)65/h6-17,20-21,32-44,46-50,53,58-63,65-67,70H,18-19,22-31,55-56H2,1-5H3,(H,57,68)/t32-,33-,34-,35+,36+,37+,38-,39-,40-,41+,42+,43-,44-,46+,47-,48+,49+,50-,53-,54+/m0/s1. The average Bonchev–Trinajstić information content (AvgIpc) is 3.34. The minimum atomic E-state index is -2.33. The number of nitrogens with one attached hydrogen (secondary N) is 1. The Morgan fingerprint density at radius 1 is 0.720 bits per heavy atom. The second-order valence-electron chi connectivity index (χ2n) is 20.1. The van der Waals surface area contributed by atoms with Gasteiger partial charge in [0, 0.05) is 37.5 Å². The number of carbonyl (C=O) groups excluding carboxylic acids is 3. The fourth-order valence-corrected chi connectivity index (χ4v) is 9.14. The maximum atomic E-state index is 13.3. The number of cyclic esters (lactones) is 1. The first kappa shape index (κ1) is 65.3. The van der Waals surface area contributed by atoms with Crippen LogP contribution in [0.15, 0.2) is 85.1 Å². The van der Waals surface area contributed by atoms with Crippen molar-refractivity contribution in [3.05, 3.63) is 85.1 Å². The molecule has 0 aromatic heterocycles. The molecule has 426 valence electrons. The van der Waals surface area contributed by atoms with Gasteiger partial charge in [-0.05, 0) is 52.5 Å². The molecule has 20 atom stereocenters. The number of allylic oxidation sites excluding steroid dienone is 12. The number of amides is 1. The van der Waals surface area contributed by atoms with Crippen LogP contribution in [0.1, 0.15) is 98.3 Å². The number of unbranched alkanes of at least 4 members (excludes halogenated alkanes) is 1. The molecule has 21 heteroatoms. The summed E-state index contributed by atoms with van der Waals surface area (Å²) in [7, 11) is 1.10. The molecule has 0 saturated carbocycles. The van der Waals surface area contributed by atoms with Crippen molar-refractivity contribution < 1.29 is 89.1 Å². The van der Waals surface area contributed by atoms with Crippen LogP contribution in [0.25, 0.3) is 0 Å². The summed E-state index contributed by atoms with van der Waals surface area (Å²) in [5.41, 5.74) is 11.7. The van der Waals surface area contributed by atoms with E-state index in [1.807, 2.05) is 19.1 Å². The summed E-state index contributed by atoms with van der Waals surface area (Å²) in [5, 5.41) is 113. The number of hydrogen-bond donors (Lipinski definition) is 13. The lowest BCUT2D eigenvalue weighted by atomic mass is 9.82. The van der Waals surface area contributed by atoms with E-state index in [2.05, 4.69) is 5.32 Å². The minimum absolute atomic E-state index is 0.116. The zero-order valence-corrected chi connectivity index (χ0v) is 43.9. The number of aliphatic hydroxyl groups is 10. The Kier molecular flexibility index (Phi) is 29.0. The lowest BCUT2D eigenvalue weighted by molar-refractivity contribution is -0.309. The largest absolute Gasteiger partial charge is 0.469 e. The highest BCUT2D eigenvalue weighted by molar-refractivity contribution is 5.81. The van der Waals surface area contributed by atoms with Gasteiger partial charge in [-0.1, -0.05) is 105 Å². The number of esters is 2. The van der Waals surface area contributed by atoms with E-state index >= 15 is 0 Å². The van der Waals surface area contributed by atoms with E-state index in [0.29, 0.717) is 25.8 Å². The van der Waals surface area contributed by atoms with Crippen LogP contribution in [-0.2, 0) is 38.1 Å². The van der Waals surface area contributed by atoms with Crippen molar-refractivity contribution >= 4 is 17.8 Å². The lowest BCUT2D eigenvalue weighted by Crippen LogP contribution is -2.65. The Morgan fingerprint density at radius 3 is 1.92 bits per heavy atom. The zero-order chi connectivity index (χ0) is 55.8. The van der Waals surface area contributed by atoms with Gasteiger partial charge in [0.1, 0.15) is 24.2 Å². The fourth-order valence-electron chi connectivity index (χ4n) is 9.14. The molecule has 0 radical (unpaired) electrons. The van der Waals surface area contributed by atoms with E-state index < -0.39 is 159 Å². The maximum absolute atomic E-state index is 13.3. The number of hydrogen-bond acceptors (Lipinski definition) is 20. The predicted molar refractivity (Wildman–Crippen MR) is 276 cm³/mol. The second kappa shape index (κ2) is 33.3. The third-order valence-corrected chi connectivity index (χ3v) is 13.8. The maximum Gasteiger partial charge on any atom is 0.313 e. The third-order valence-electron chi connectivity index (χ3n) is 13.8. The highest BCUT2D eigenvalue weighted by Crippen LogP contribution is 2.38. The number of carbonyl (C=O) groups is 3. The van der Waals surface area contributed by atoms with Crippen molar-refractivity contribution in [1.29, 1.82) is 0 Å². The summed E-state index contributed by atoms with van der Waals surface area (Å²) in [6, 6.07) is -2.26. The molecular formula is C54H87N3O18. The van der Waals surface area contributed by atoms with Gasteiger partial charge in [-0.25, -0.2) is 0 Å². The van der Waals surface area contributed by atoms with Gasteiger partial charge in [-0.3, -0.25) is 14.4 Å². The van der Waals surface area contributed by atoms with E-state index in [9.17, 15) is 65.4 Å². The molecule has 2 fully saturated rings. The Bertz CT molecular complexity index is 1930. The normalized spacial score (nSPS) is 38.3. The van der Waals surface area contributed by atoms with Crippen LogP contribution in [0, 0.1) is 17.8 Å². The highest BCUT2D eigenvalue weighted by atomic mass is 16.7. The lowest BCUT2D eigenvalue weighted by Gasteiger charge is -2.46. The van der Waals surface area contributed by atoms with Crippen LogP contribution in [0.3, 0.4) is 0 Å². The molecule has 0 aromatic carbocycles. The quantitative estimate of drug-likeness (QED) is 0.110. The second-order valence-corrected chi connectivity index (χ2v) is 20.1. The van der Waals surface area contributed by atoms with Crippen LogP contribution in [0.2, 0.25) is 0 Å². The molecule has 0 spiro atoms. The first-order valence-corrected chi connectivity index (χ1v) is 26.1. The van der Waals surface area contributed by atoms with Gasteiger partial charge in [0.25, 0.3) is 0 Å². The molecule has 3 rings (SSSR count). The molecular weight excluding hydrogens is 979 g/mol. The predicted octanol–water partition coefficient (Wildman–Crippen LogP) is 0.414. The molecule has 3 aliphatic heterocycles. The van der Waals surface area contributed by atoms with Gasteiger partial charge in [0.2, 0.25) is 5.91 Å². The monoisotopic (exact) mass is 1070 g/mol. The third kappa shape index (κ3) is 22.5. The van der Waals surface area contributed by atoms with E-state index in [-0.39, 0.29) is 31.6 Å². The number of rotatable bonds is 9. The van der Waals surface area contributed by atoms with Gasteiger partial charge in [-0.15, -0.1) is 0 Å². The molecule has 21 nitrogen and oxygen atoms in total. The Balaban J connectivity index is 1.94. The molecule has 3 heterocycles. The van der Waals surface area contributed by atoms with Gasteiger partial charge in [-0.2, -0.15) is 0 Å². The van der Waals surface area contributed by atoms with Gasteiger partial charge in [0.15, 0.2) is 12.1 Å². The fraction of sp³-hybridized carbons (Fsp3) is 0.685. The Hall–Kier alpha value is -4.01. The Labute approximate surface area is 440 Å². The van der Waals surface area contributed by atoms with Crippen molar-refractivity contribution in [1.82, 2.24) is 5.32 Å². The first-order chi connectivity index (χ1) is 35.5. The topological polar surface area (TPSA) is 364 Å². The molecule has 2 bridgehead atoms. The van der Waals surface area contributed by atoms with Gasteiger partial charge >= 0.3 is 11.9 Å². The van der Waals surface area contributed by atoms with Gasteiger partial charge < -0.3 is 91.5 Å². The molecule has 75 heavy (non-hydrogen) atoms. The number of methoxy groups -OCH3 is 1. The molecule has 0 aromatic rings. The zero-order valence-electron chi connectivity index (χ0n) is 43.9. The van der Waals surface area contributed by atoms with Crippen molar-refractivity contribution in [2.24, 2.45) is 29.2 Å². The summed E-state index contributed by atoms with van der Waals surface area (Å²) >= 11 is 0. The molecule has 3 aliphatic rings. The minimum Gasteiger partial charge on any atom is -0.469 e. The van der Waals surface area contributed by atoms with Gasteiger partial charge in [0.05, 0.1) is 86.7 Å². The SMILES string of the molecule is COC(=O)[C@H]1[C@@H]2C[C@@H](O[C@@H]3O[C@H](C)[C@@H](O)[C@H](NC(=O)[C@@H](N)CCCCN)[C@@H]3O)C=CC=CC=CC=CC=CC=CC=C[C@H](C)[C@@H](O)[C@@H](C)[C@H](C)OC(=O)C[C@H](O)C[C@H](O)CC[C@@H](O)[C@H](O)C[C@H](O)C[C@](O)(C[C@@H]1O)O2. The van der Waals surface area contributed by atoms with Crippen LogP contribution in [0.4, 0.5) is 0 Å². The van der Waals surface area contributed by atoms with Crippen molar-refractivity contribution in [2.45, 2.75) is 202 Å². The summed E-state index contributed by atoms with van der Waals surface area (Å²) < 4.78 is 28.8. The molecule has 1 amide bonds. The average molecular weight is 1070 g/mol. The van der Waals surface area contributed by atoms with E-state index in [4.69, 9.17) is 35.2 Å². The van der Waals surface area contributed by atoms with E-state index in [1.165, 1.54) is 13.0 Å². The van der Waals surface area contributed by atoms with E-state index in [0.717, 1.165) is 7.11 Å². The van der Waals surface area contributed by atoms with Crippen LogP contribution in [-0.4, -0.2) is 186 Å². The molecule has 0 unspecified atom stereocenters. The van der Waals surface area contributed by atoms with Crippen molar-refractivity contribution in [2.75, 3.05) is 13.7 Å². The summed E-state index contributed by atoms with van der Waals surface area (Å²) in [5.74, 6) is -6.77. The highest BCUT2D eigenvalue weighted by Gasteiger charge is 2.51. The van der Waals surface area contributed by atoms with Crippen LogP contribution < -0.4 is 16.8 Å². The molecule has 2 saturated heterocycles. The first-order valence-electron chi connectivity index (χ1n) is 26.1. The molecule has 0 aliphatic carbocycles. The summed E-state index contributed by atoms with van der Waals surface area (Å²) in [4.78, 5) is 39.1. The number of aliphatic hydroxyl groups excluding tert-OH is 9. The van der Waals surface area contributed by atoms with Crippen LogP contribution >= 0.6 is 0 Å². The van der Waals surface area contributed by atoms with Crippen molar-refractivity contribution in [3.63, 3.8) is 0 Å².